The molecule has 2 N–H and O–H groups in total. The van der Waals surface area contributed by atoms with Crippen molar-refractivity contribution in [3.05, 3.63) is 58.1 Å². The van der Waals surface area contributed by atoms with Crippen molar-refractivity contribution in [3.63, 3.8) is 0 Å². The Morgan fingerprint density at radius 1 is 1.25 bits per heavy atom. The number of nitrogens with one attached hydrogen (secondary N) is 2. The van der Waals surface area contributed by atoms with Crippen molar-refractivity contribution >= 4 is 37.5 Å². The third-order valence-electron chi connectivity index (χ3n) is 4.65. The van der Waals surface area contributed by atoms with Gasteiger partial charge in [-0.05, 0) is 78.5 Å². The molecule has 8 heteroatoms. The van der Waals surface area contributed by atoms with Gasteiger partial charge in [-0.25, -0.2) is 8.42 Å². The Bertz CT molecular complexity index is 972. The first kappa shape index (κ1) is 20.8. The summed E-state index contributed by atoms with van der Waals surface area (Å²) >= 11 is 3.35. The number of sulfonamides is 1. The van der Waals surface area contributed by atoms with Crippen molar-refractivity contribution in [1.82, 2.24) is 5.32 Å². The van der Waals surface area contributed by atoms with Gasteiger partial charge in [0.05, 0.1) is 22.7 Å². The zero-order valence-electron chi connectivity index (χ0n) is 15.7. The summed E-state index contributed by atoms with van der Waals surface area (Å²) in [5, 5.41) is 2.90. The summed E-state index contributed by atoms with van der Waals surface area (Å²) in [6, 6.07) is 11.3. The molecule has 0 saturated carbocycles. The Morgan fingerprint density at radius 3 is 2.75 bits per heavy atom. The predicted molar refractivity (Wildman–Crippen MR) is 112 cm³/mol. The van der Waals surface area contributed by atoms with Gasteiger partial charge in [0, 0.05) is 16.6 Å². The number of amides is 1. The molecule has 1 saturated heterocycles. The fourth-order valence-electron chi connectivity index (χ4n) is 3.11. The number of halogens is 1. The molecular weight excluding hydrogens is 444 g/mol. The number of hydrogen-bond donors (Lipinski definition) is 2. The van der Waals surface area contributed by atoms with Gasteiger partial charge in [0.15, 0.2) is 0 Å². The van der Waals surface area contributed by atoms with Crippen LogP contribution in [-0.4, -0.2) is 33.1 Å². The Morgan fingerprint density at radius 2 is 2.04 bits per heavy atom. The molecule has 1 aliphatic rings. The highest BCUT2D eigenvalue weighted by Gasteiger charge is 2.24. The molecule has 1 fully saturated rings. The smallest absolute Gasteiger partial charge is 0.261 e. The lowest BCUT2D eigenvalue weighted by Crippen LogP contribution is -2.40. The van der Waals surface area contributed by atoms with Gasteiger partial charge in [-0.2, -0.15) is 0 Å². The van der Waals surface area contributed by atoms with Gasteiger partial charge in [0.2, 0.25) is 0 Å². The second-order valence-corrected chi connectivity index (χ2v) is 9.47. The quantitative estimate of drug-likeness (QED) is 0.676. The number of carbonyl (C=O) groups excluding carboxylic acids is 1. The highest BCUT2D eigenvalue weighted by molar-refractivity contribution is 9.10. The molecule has 28 heavy (non-hydrogen) atoms. The average Bonchev–Trinajstić information content (AvgIpc) is 3.19. The van der Waals surface area contributed by atoms with E-state index >= 15 is 0 Å². The number of ether oxygens (including phenoxy) is 1. The lowest BCUT2D eigenvalue weighted by molar-refractivity contribution is 0.0712. The number of anilines is 1. The van der Waals surface area contributed by atoms with E-state index in [4.69, 9.17) is 4.74 Å². The van der Waals surface area contributed by atoms with Gasteiger partial charge < -0.3 is 10.1 Å². The van der Waals surface area contributed by atoms with Crippen molar-refractivity contribution in [2.24, 2.45) is 0 Å². The van der Waals surface area contributed by atoms with E-state index in [9.17, 15) is 13.2 Å². The summed E-state index contributed by atoms with van der Waals surface area (Å²) < 4.78 is 34.4. The Kier molecular flexibility index (Phi) is 6.42. The lowest BCUT2D eigenvalue weighted by Gasteiger charge is -2.20. The molecule has 0 bridgehead atoms. The third-order valence-corrected chi connectivity index (χ3v) is 6.71. The topological polar surface area (TPSA) is 84.5 Å². The minimum Gasteiger partial charge on any atom is -0.376 e. The summed E-state index contributed by atoms with van der Waals surface area (Å²) in [5.41, 5.74) is 1.66. The van der Waals surface area contributed by atoms with E-state index in [-0.39, 0.29) is 28.5 Å². The van der Waals surface area contributed by atoms with Crippen molar-refractivity contribution in [3.8, 4) is 0 Å². The lowest BCUT2D eigenvalue weighted by atomic mass is 10.1. The molecule has 150 valence electrons. The van der Waals surface area contributed by atoms with Crippen LogP contribution in [0.5, 0.6) is 0 Å². The van der Waals surface area contributed by atoms with E-state index in [0.29, 0.717) is 16.8 Å². The first-order valence-electron chi connectivity index (χ1n) is 9.08. The SMILES string of the molecule is Cc1ccc(Br)c(NS(=O)(=O)c2cccc(C(=O)N[C@H](C)[C@H]3CCCO3)c2)c1. The first-order chi connectivity index (χ1) is 13.3. The number of carbonyl (C=O) groups is 1. The molecule has 0 aromatic heterocycles. The first-order valence-corrected chi connectivity index (χ1v) is 11.4. The van der Waals surface area contributed by atoms with Crippen molar-refractivity contribution in [2.75, 3.05) is 11.3 Å². The van der Waals surface area contributed by atoms with Crippen LogP contribution in [0.15, 0.2) is 51.8 Å². The molecule has 1 aliphatic heterocycles. The molecular formula is C20H23BrN2O4S. The van der Waals surface area contributed by atoms with Crippen LogP contribution < -0.4 is 10.0 Å². The van der Waals surface area contributed by atoms with Crippen molar-refractivity contribution < 1.29 is 17.9 Å². The maximum Gasteiger partial charge on any atom is 0.261 e. The van der Waals surface area contributed by atoms with Crippen LogP contribution in [0.25, 0.3) is 0 Å². The second kappa shape index (κ2) is 8.63. The third kappa shape index (κ3) is 4.92. The predicted octanol–water partition coefficient (Wildman–Crippen LogP) is 3.86. The fourth-order valence-corrected chi connectivity index (χ4v) is 4.70. The number of aryl methyl sites for hydroxylation is 1. The van der Waals surface area contributed by atoms with E-state index in [1.54, 1.807) is 24.3 Å². The van der Waals surface area contributed by atoms with Gasteiger partial charge >= 0.3 is 0 Å². The molecule has 0 unspecified atom stereocenters. The number of rotatable bonds is 6. The summed E-state index contributed by atoms with van der Waals surface area (Å²) in [6.45, 7) is 4.48. The molecule has 3 rings (SSSR count). The minimum absolute atomic E-state index is 0.00352. The summed E-state index contributed by atoms with van der Waals surface area (Å²) in [4.78, 5) is 12.6. The molecule has 6 nitrogen and oxygen atoms in total. The van der Waals surface area contributed by atoms with Crippen LogP contribution in [0.3, 0.4) is 0 Å². The maximum atomic E-state index is 12.8. The molecule has 2 aromatic rings. The van der Waals surface area contributed by atoms with E-state index in [2.05, 4.69) is 26.0 Å². The summed E-state index contributed by atoms with van der Waals surface area (Å²) in [7, 11) is -3.84. The van der Waals surface area contributed by atoms with Gasteiger partial charge in [0.25, 0.3) is 15.9 Å². The maximum absolute atomic E-state index is 12.8. The van der Waals surface area contributed by atoms with E-state index < -0.39 is 10.0 Å². The Balaban J connectivity index is 1.77. The Hall–Kier alpha value is -1.90. The highest BCUT2D eigenvalue weighted by Crippen LogP contribution is 2.26. The van der Waals surface area contributed by atoms with Crippen molar-refractivity contribution in [2.45, 2.75) is 43.7 Å². The van der Waals surface area contributed by atoms with Crippen LogP contribution in [0.2, 0.25) is 0 Å². The Labute approximate surface area is 173 Å². The molecule has 0 spiro atoms. The van der Waals surface area contributed by atoms with Gasteiger partial charge in [-0.1, -0.05) is 12.1 Å². The van der Waals surface area contributed by atoms with Gasteiger partial charge in [-0.3, -0.25) is 9.52 Å². The molecule has 0 aliphatic carbocycles. The standard InChI is InChI=1S/C20H23BrN2O4S/c1-13-8-9-17(21)18(11-13)23-28(25,26)16-6-3-5-15(12-16)20(24)22-14(2)19-7-4-10-27-19/h3,5-6,8-9,11-12,14,19,23H,4,7,10H2,1-2H3,(H,22,24)/t14-,19-/m1/s1. The highest BCUT2D eigenvalue weighted by atomic mass is 79.9. The zero-order valence-corrected chi connectivity index (χ0v) is 18.1. The van der Waals surface area contributed by atoms with Gasteiger partial charge in [0.1, 0.15) is 0 Å². The molecule has 1 heterocycles. The average molecular weight is 467 g/mol. The largest absolute Gasteiger partial charge is 0.376 e. The number of hydrogen-bond acceptors (Lipinski definition) is 4. The van der Waals surface area contributed by atoms with Crippen LogP contribution in [-0.2, 0) is 14.8 Å². The molecule has 2 atom stereocenters. The molecule has 1 amide bonds. The van der Waals surface area contributed by atoms with E-state index in [1.807, 2.05) is 19.9 Å². The monoisotopic (exact) mass is 466 g/mol. The molecule has 0 radical (unpaired) electrons. The van der Waals surface area contributed by atoms with Crippen molar-refractivity contribution in [1.29, 1.82) is 0 Å². The summed E-state index contributed by atoms with van der Waals surface area (Å²) in [5.74, 6) is -0.322. The fraction of sp³-hybridized carbons (Fsp3) is 0.350. The van der Waals surface area contributed by atoms with Crippen LogP contribution >= 0.6 is 15.9 Å². The van der Waals surface area contributed by atoms with E-state index in [1.165, 1.54) is 12.1 Å². The van der Waals surface area contributed by atoms with Gasteiger partial charge in [-0.15, -0.1) is 0 Å². The summed E-state index contributed by atoms with van der Waals surface area (Å²) in [6.07, 6.45) is 1.89. The minimum atomic E-state index is -3.84. The van der Waals surface area contributed by atoms with Crippen LogP contribution in [0, 0.1) is 6.92 Å². The van der Waals surface area contributed by atoms with E-state index in [0.717, 1.165) is 18.4 Å². The zero-order chi connectivity index (χ0) is 20.3. The number of benzene rings is 2. The molecule has 2 aromatic carbocycles. The normalized spacial score (nSPS) is 17.9. The second-order valence-electron chi connectivity index (χ2n) is 6.93. The van der Waals surface area contributed by atoms with Crippen LogP contribution in [0.4, 0.5) is 5.69 Å². The van der Waals surface area contributed by atoms with Crippen LogP contribution in [0.1, 0.15) is 35.7 Å².